The average molecular weight is 260 g/mol. The third kappa shape index (κ3) is 2.13. The summed E-state index contributed by atoms with van der Waals surface area (Å²) in [6.07, 6.45) is 1.44. The zero-order chi connectivity index (χ0) is 13.3. The highest BCUT2D eigenvalue weighted by molar-refractivity contribution is 5.45. The van der Waals surface area contributed by atoms with Crippen LogP contribution in [0.1, 0.15) is 11.3 Å². The summed E-state index contributed by atoms with van der Waals surface area (Å²) >= 11 is 0. The summed E-state index contributed by atoms with van der Waals surface area (Å²) in [6.45, 7) is 1.67. The minimum atomic E-state index is -1.69. The van der Waals surface area contributed by atoms with Crippen molar-refractivity contribution < 1.29 is 17.6 Å². The maximum absolute atomic E-state index is 13.2. The third-order valence-electron chi connectivity index (χ3n) is 2.39. The number of aromatic amines is 1. The van der Waals surface area contributed by atoms with Crippen molar-refractivity contribution in [2.45, 2.75) is 13.5 Å². The Kier molecular flexibility index (Phi) is 3.17. The lowest BCUT2D eigenvalue weighted by atomic mass is 10.2. The SMILES string of the molecule is Cc1[nH]ncc1CNc1c(F)c(F)nc(F)c1F. The molecule has 0 aliphatic carbocycles. The standard InChI is InChI=1S/C10H8F4N4/c1-4-5(3-16-18-4)2-15-8-6(11)9(13)17-10(14)7(8)12/h3H,2H2,1H3,(H,15,17)(H,16,18). The molecule has 0 spiro atoms. The highest BCUT2D eigenvalue weighted by atomic mass is 19.2. The molecule has 2 N–H and O–H groups in total. The van der Waals surface area contributed by atoms with Crippen molar-refractivity contribution >= 4 is 5.69 Å². The summed E-state index contributed by atoms with van der Waals surface area (Å²) in [6, 6.07) is 0. The molecule has 0 aromatic carbocycles. The van der Waals surface area contributed by atoms with Gasteiger partial charge in [-0.05, 0) is 6.92 Å². The van der Waals surface area contributed by atoms with Crippen molar-refractivity contribution in [3.05, 3.63) is 41.0 Å². The van der Waals surface area contributed by atoms with E-state index < -0.39 is 29.2 Å². The Morgan fingerprint density at radius 3 is 2.28 bits per heavy atom. The molecule has 2 aromatic heterocycles. The first-order valence-corrected chi connectivity index (χ1v) is 4.93. The van der Waals surface area contributed by atoms with E-state index in [9.17, 15) is 17.6 Å². The van der Waals surface area contributed by atoms with Crippen molar-refractivity contribution in [2.75, 3.05) is 5.32 Å². The van der Waals surface area contributed by atoms with E-state index in [2.05, 4.69) is 20.5 Å². The molecule has 2 rings (SSSR count). The van der Waals surface area contributed by atoms with E-state index >= 15 is 0 Å². The molecule has 2 heterocycles. The molecule has 4 nitrogen and oxygen atoms in total. The van der Waals surface area contributed by atoms with Gasteiger partial charge in [0, 0.05) is 17.8 Å². The van der Waals surface area contributed by atoms with Gasteiger partial charge < -0.3 is 5.32 Å². The third-order valence-corrected chi connectivity index (χ3v) is 2.39. The molecule has 8 heteroatoms. The highest BCUT2D eigenvalue weighted by Gasteiger charge is 2.20. The second kappa shape index (κ2) is 4.63. The van der Waals surface area contributed by atoms with E-state index in [1.807, 2.05) is 0 Å². The highest BCUT2D eigenvalue weighted by Crippen LogP contribution is 2.22. The Bertz CT molecular complexity index is 555. The molecular formula is C10H8F4N4. The van der Waals surface area contributed by atoms with E-state index in [1.165, 1.54) is 6.20 Å². The summed E-state index contributed by atoms with van der Waals surface area (Å²) in [5.41, 5.74) is 0.408. The molecule has 0 saturated carbocycles. The average Bonchev–Trinajstić information content (AvgIpc) is 2.73. The number of halogens is 4. The number of aromatic nitrogens is 3. The maximum atomic E-state index is 13.2. The first-order chi connectivity index (χ1) is 8.50. The van der Waals surface area contributed by atoms with Crippen LogP contribution in [0.5, 0.6) is 0 Å². The Hall–Kier alpha value is -2.12. The normalized spacial score (nSPS) is 10.7. The minimum Gasteiger partial charge on any atom is -0.376 e. The number of hydrogen-bond acceptors (Lipinski definition) is 3. The van der Waals surface area contributed by atoms with Gasteiger partial charge in [-0.25, -0.2) is 0 Å². The number of rotatable bonds is 3. The number of hydrogen-bond donors (Lipinski definition) is 2. The summed E-state index contributed by atoms with van der Waals surface area (Å²) in [5, 5.41) is 8.60. The molecular weight excluding hydrogens is 252 g/mol. The predicted molar refractivity (Wildman–Crippen MR) is 54.7 cm³/mol. The molecule has 0 unspecified atom stereocenters. The fourth-order valence-electron chi connectivity index (χ4n) is 1.38. The van der Waals surface area contributed by atoms with Crippen LogP contribution in [0.4, 0.5) is 23.2 Å². The van der Waals surface area contributed by atoms with Gasteiger partial charge in [0.1, 0.15) is 5.69 Å². The molecule has 0 bridgehead atoms. The van der Waals surface area contributed by atoms with Crippen LogP contribution in [-0.4, -0.2) is 15.2 Å². The van der Waals surface area contributed by atoms with Crippen molar-refractivity contribution in [1.29, 1.82) is 0 Å². The Labute approximate surface area is 99.0 Å². The van der Waals surface area contributed by atoms with E-state index in [1.54, 1.807) is 6.92 Å². The van der Waals surface area contributed by atoms with Gasteiger partial charge in [-0.2, -0.15) is 27.6 Å². The second-order valence-electron chi connectivity index (χ2n) is 3.57. The Morgan fingerprint density at radius 2 is 1.78 bits per heavy atom. The van der Waals surface area contributed by atoms with E-state index in [0.717, 1.165) is 0 Å². The molecule has 0 radical (unpaired) electrons. The van der Waals surface area contributed by atoms with Crippen LogP contribution in [0.2, 0.25) is 0 Å². The lowest BCUT2D eigenvalue weighted by Gasteiger charge is -2.08. The van der Waals surface area contributed by atoms with Crippen LogP contribution in [0, 0.1) is 30.5 Å². The number of nitrogens with zero attached hydrogens (tertiary/aromatic N) is 2. The van der Waals surface area contributed by atoms with Crippen LogP contribution in [-0.2, 0) is 6.54 Å². The number of aryl methyl sites for hydroxylation is 1. The molecule has 0 aliphatic rings. The molecule has 2 aromatic rings. The summed E-state index contributed by atoms with van der Waals surface area (Å²) < 4.78 is 52.1. The fraction of sp³-hybridized carbons (Fsp3) is 0.200. The number of anilines is 1. The van der Waals surface area contributed by atoms with Crippen molar-refractivity contribution in [3.8, 4) is 0 Å². The minimum absolute atomic E-state index is 0.0287. The van der Waals surface area contributed by atoms with E-state index in [4.69, 9.17) is 0 Å². The van der Waals surface area contributed by atoms with Crippen LogP contribution in [0.3, 0.4) is 0 Å². The van der Waals surface area contributed by atoms with Gasteiger partial charge in [0.25, 0.3) is 11.9 Å². The van der Waals surface area contributed by atoms with Crippen LogP contribution in [0.15, 0.2) is 6.20 Å². The quantitative estimate of drug-likeness (QED) is 0.657. The fourth-order valence-corrected chi connectivity index (χ4v) is 1.38. The van der Waals surface area contributed by atoms with Gasteiger partial charge in [-0.1, -0.05) is 0 Å². The van der Waals surface area contributed by atoms with Gasteiger partial charge in [0.2, 0.25) is 11.6 Å². The van der Waals surface area contributed by atoms with E-state index in [-0.39, 0.29) is 6.54 Å². The zero-order valence-electron chi connectivity index (χ0n) is 9.19. The van der Waals surface area contributed by atoms with Gasteiger partial charge in [-0.3, -0.25) is 5.10 Å². The summed E-state index contributed by atoms with van der Waals surface area (Å²) in [7, 11) is 0. The predicted octanol–water partition coefficient (Wildman–Crippen LogP) is 2.28. The lowest BCUT2D eigenvalue weighted by molar-refractivity contribution is 0.410. The van der Waals surface area contributed by atoms with Gasteiger partial charge in [0.15, 0.2) is 0 Å². The van der Waals surface area contributed by atoms with Crippen molar-refractivity contribution in [3.63, 3.8) is 0 Å². The van der Waals surface area contributed by atoms with Gasteiger partial charge >= 0.3 is 0 Å². The largest absolute Gasteiger partial charge is 0.376 e. The zero-order valence-corrected chi connectivity index (χ0v) is 9.19. The van der Waals surface area contributed by atoms with Crippen LogP contribution < -0.4 is 5.32 Å². The molecule has 0 fully saturated rings. The van der Waals surface area contributed by atoms with E-state index in [0.29, 0.717) is 11.3 Å². The Morgan fingerprint density at radius 1 is 1.17 bits per heavy atom. The molecule has 0 aliphatic heterocycles. The van der Waals surface area contributed by atoms with Crippen LogP contribution >= 0.6 is 0 Å². The maximum Gasteiger partial charge on any atom is 0.253 e. The first kappa shape index (κ1) is 12.3. The smallest absolute Gasteiger partial charge is 0.253 e. The van der Waals surface area contributed by atoms with Gasteiger partial charge in [0.05, 0.1) is 6.20 Å². The molecule has 0 saturated heterocycles. The Balaban J connectivity index is 2.27. The van der Waals surface area contributed by atoms with Crippen molar-refractivity contribution in [1.82, 2.24) is 15.2 Å². The lowest BCUT2D eigenvalue weighted by Crippen LogP contribution is -2.09. The molecule has 0 amide bonds. The summed E-state index contributed by atoms with van der Waals surface area (Å²) in [4.78, 5) is 2.45. The summed E-state index contributed by atoms with van der Waals surface area (Å²) in [5.74, 6) is -6.51. The number of pyridine rings is 1. The second-order valence-corrected chi connectivity index (χ2v) is 3.57. The van der Waals surface area contributed by atoms with Crippen LogP contribution in [0.25, 0.3) is 0 Å². The topological polar surface area (TPSA) is 53.6 Å². The first-order valence-electron chi connectivity index (χ1n) is 4.93. The van der Waals surface area contributed by atoms with Gasteiger partial charge in [-0.15, -0.1) is 0 Å². The number of H-pyrrole nitrogens is 1. The van der Waals surface area contributed by atoms with Crippen molar-refractivity contribution in [2.24, 2.45) is 0 Å². The monoisotopic (exact) mass is 260 g/mol. The molecule has 0 atom stereocenters. The molecule has 18 heavy (non-hydrogen) atoms. The molecule has 96 valence electrons. The number of nitrogens with one attached hydrogen (secondary N) is 2.